The quantitative estimate of drug-likeness (QED) is 0.395. The van der Waals surface area contributed by atoms with Crippen LogP contribution < -0.4 is 16.6 Å². The molecule has 0 aliphatic heterocycles. The molecular formula is C26H24N4O5. The van der Waals surface area contributed by atoms with Crippen LogP contribution in [0.15, 0.2) is 82.5 Å². The highest BCUT2D eigenvalue weighted by molar-refractivity contribution is 5.93. The van der Waals surface area contributed by atoms with Crippen molar-refractivity contribution in [1.29, 1.82) is 0 Å². The number of aromatic nitrogens is 3. The average molecular weight is 473 g/mol. The highest BCUT2D eigenvalue weighted by Gasteiger charge is 2.16. The highest BCUT2D eigenvalue weighted by atomic mass is 16.5. The predicted molar refractivity (Wildman–Crippen MR) is 131 cm³/mol. The number of hydrogen-bond donors (Lipinski definition) is 1. The Balaban J connectivity index is 1.59. The van der Waals surface area contributed by atoms with E-state index in [1.54, 1.807) is 43.3 Å². The Morgan fingerprint density at radius 3 is 2.40 bits per heavy atom. The number of nitrogens with one attached hydrogen (secondary N) is 1. The number of benzene rings is 2. The van der Waals surface area contributed by atoms with Crippen LogP contribution >= 0.6 is 0 Å². The minimum absolute atomic E-state index is 0.117. The molecule has 4 rings (SSSR count). The highest BCUT2D eigenvalue weighted by Crippen LogP contribution is 2.12. The van der Waals surface area contributed by atoms with Crippen LogP contribution in [0, 0.1) is 0 Å². The Kier molecular flexibility index (Phi) is 7.15. The summed E-state index contributed by atoms with van der Waals surface area (Å²) >= 11 is 0. The van der Waals surface area contributed by atoms with E-state index in [0.29, 0.717) is 17.7 Å². The number of amides is 1. The number of esters is 1. The Morgan fingerprint density at radius 2 is 1.69 bits per heavy atom. The minimum atomic E-state index is -0.584. The van der Waals surface area contributed by atoms with Gasteiger partial charge in [-0.15, -0.1) is 0 Å². The lowest BCUT2D eigenvalue weighted by Crippen LogP contribution is -2.42. The molecule has 0 saturated carbocycles. The first-order valence-corrected chi connectivity index (χ1v) is 11.2. The summed E-state index contributed by atoms with van der Waals surface area (Å²) in [4.78, 5) is 55.0. The summed E-state index contributed by atoms with van der Waals surface area (Å²) in [6, 6.07) is 19.0. The van der Waals surface area contributed by atoms with E-state index in [2.05, 4.69) is 10.3 Å². The minimum Gasteiger partial charge on any atom is -0.462 e. The van der Waals surface area contributed by atoms with E-state index in [1.165, 1.54) is 10.8 Å². The van der Waals surface area contributed by atoms with Gasteiger partial charge in [-0.25, -0.2) is 14.6 Å². The van der Waals surface area contributed by atoms with Crippen LogP contribution in [0.4, 0.5) is 5.69 Å². The summed E-state index contributed by atoms with van der Waals surface area (Å²) in [5.41, 5.74) is 1.13. The van der Waals surface area contributed by atoms with E-state index in [4.69, 9.17) is 4.74 Å². The largest absolute Gasteiger partial charge is 0.462 e. The van der Waals surface area contributed by atoms with Crippen molar-refractivity contribution >= 4 is 28.6 Å². The fourth-order valence-corrected chi connectivity index (χ4v) is 3.73. The van der Waals surface area contributed by atoms with Crippen molar-refractivity contribution in [2.24, 2.45) is 0 Å². The van der Waals surface area contributed by atoms with Crippen LogP contribution in [0.2, 0.25) is 0 Å². The molecule has 178 valence electrons. The number of fused-ring (bicyclic) bond motifs is 1. The van der Waals surface area contributed by atoms with Gasteiger partial charge in [-0.3, -0.25) is 18.7 Å². The molecule has 1 amide bonds. The fourth-order valence-electron chi connectivity index (χ4n) is 3.73. The molecule has 9 heteroatoms. The van der Waals surface area contributed by atoms with Crippen molar-refractivity contribution in [2.45, 2.75) is 26.4 Å². The second-order valence-electron chi connectivity index (χ2n) is 7.78. The Bertz CT molecular complexity index is 1470. The number of carbonyl (C=O) groups excluding carboxylic acids is 2. The molecule has 0 spiro atoms. The van der Waals surface area contributed by atoms with Gasteiger partial charge in [0, 0.05) is 18.4 Å². The molecule has 0 fully saturated rings. The number of aryl methyl sites for hydroxylation is 1. The van der Waals surface area contributed by atoms with Crippen LogP contribution in [0.5, 0.6) is 0 Å². The Labute approximate surface area is 200 Å². The molecule has 35 heavy (non-hydrogen) atoms. The molecule has 0 aliphatic rings. The molecule has 2 aromatic carbocycles. The van der Waals surface area contributed by atoms with Crippen LogP contribution in [0.1, 0.15) is 22.8 Å². The number of nitrogens with zero attached hydrogens (tertiary/aromatic N) is 3. The molecule has 4 aromatic rings. The monoisotopic (exact) mass is 472 g/mol. The number of pyridine rings is 1. The lowest BCUT2D eigenvalue weighted by molar-refractivity contribution is -0.116. The summed E-state index contributed by atoms with van der Waals surface area (Å²) in [7, 11) is 0. The number of carbonyl (C=O) groups is 2. The maximum atomic E-state index is 13.3. The average Bonchev–Trinajstić information content (AvgIpc) is 2.88. The fraction of sp³-hybridized carbons (Fsp3) is 0.192. The summed E-state index contributed by atoms with van der Waals surface area (Å²) in [5, 5.41) is 2.71. The maximum Gasteiger partial charge on any atom is 0.338 e. The first kappa shape index (κ1) is 23.6. The van der Waals surface area contributed by atoms with Crippen LogP contribution in [0.25, 0.3) is 11.0 Å². The van der Waals surface area contributed by atoms with E-state index < -0.39 is 23.1 Å². The second-order valence-corrected chi connectivity index (χ2v) is 7.78. The predicted octanol–water partition coefficient (Wildman–Crippen LogP) is 2.62. The Morgan fingerprint density at radius 1 is 0.943 bits per heavy atom. The van der Waals surface area contributed by atoms with Gasteiger partial charge in [0.05, 0.1) is 17.7 Å². The van der Waals surface area contributed by atoms with Crippen molar-refractivity contribution in [3.63, 3.8) is 0 Å². The third-order valence-corrected chi connectivity index (χ3v) is 5.44. The Hall–Kier alpha value is -4.53. The lowest BCUT2D eigenvalue weighted by atomic mass is 10.1. The molecule has 2 heterocycles. The van der Waals surface area contributed by atoms with Crippen molar-refractivity contribution < 1.29 is 14.3 Å². The molecule has 0 aliphatic carbocycles. The zero-order valence-corrected chi connectivity index (χ0v) is 19.1. The van der Waals surface area contributed by atoms with Gasteiger partial charge in [-0.05, 0) is 55.3 Å². The number of hydrogen-bond acceptors (Lipinski definition) is 6. The molecule has 0 radical (unpaired) electrons. The van der Waals surface area contributed by atoms with Gasteiger partial charge in [-0.2, -0.15) is 0 Å². The summed E-state index contributed by atoms with van der Waals surface area (Å²) in [5.74, 6) is -0.914. The number of ether oxygens (including phenoxy) is 1. The normalized spacial score (nSPS) is 10.8. The number of rotatable bonds is 8. The lowest BCUT2D eigenvalue weighted by Gasteiger charge is -2.14. The third-order valence-electron chi connectivity index (χ3n) is 5.44. The van der Waals surface area contributed by atoms with E-state index in [9.17, 15) is 19.2 Å². The zero-order valence-electron chi connectivity index (χ0n) is 19.1. The second kappa shape index (κ2) is 10.6. The molecule has 1 N–H and O–H groups in total. The van der Waals surface area contributed by atoms with Crippen molar-refractivity contribution in [2.75, 3.05) is 11.9 Å². The van der Waals surface area contributed by atoms with Gasteiger partial charge in [0.25, 0.3) is 5.56 Å². The zero-order chi connectivity index (χ0) is 24.8. The van der Waals surface area contributed by atoms with E-state index >= 15 is 0 Å². The van der Waals surface area contributed by atoms with Crippen molar-refractivity contribution in [3.05, 3.63) is 105 Å². The molecule has 0 saturated heterocycles. The molecule has 0 atom stereocenters. The molecule has 0 unspecified atom stereocenters. The summed E-state index contributed by atoms with van der Waals surface area (Å²) in [6.07, 6.45) is 1.96. The number of anilines is 1. The molecule has 0 bridgehead atoms. The van der Waals surface area contributed by atoms with Gasteiger partial charge < -0.3 is 10.1 Å². The van der Waals surface area contributed by atoms with E-state index in [-0.39, 0.29) is 30.7 Å². The standard InChI is InChI=1S/C26H24N4O5/c1-2-35-25(33)19-10-12-20(13-11-19)28-22(31)17-30-21-9-6-15-27-23(21)24(32)29(26(30)34)16-14-18-7-4-3-5-8-18/h3-13,15H,2,14,16-17H2,1H3,(H,28,31). The maximum absolute atomic E-state index is 13.3. The third kappa shape index (κ3) is 5.35. The first-order chi connectivity index (χ1) is 17.0. The summed E-state index contributed by atoms with van der Waals surface area (Å²) < 4.78 is 7.31. The van der Waals surface area contributed by atoms with Gasteiger partial charge in [0.2, 0.25) is 5.91 Å². The van der Waals surface area contributed by atoms with Gasteiger partial charge in [0.1, 0.15) is 6.54 Å². The van der Waals surface area contributed by atoms with Gasteiger partial charge in [0.15, 0.2) is 5.52 Å². The first-order valence-electron chi connectivity index (χ1n) is 11.2. The SMILES string of the molecule is CCOC(=O)c1ccc(NC(=O)Cn2c(=O)n(CCc3ccccc3)c(=O)c3ncccc32)cc1. The van der Waals surface area contributed by atoms with Gasteiger partial charge in [-0.1, -0.05) is 30.3 Å². The van der Waals surface area contributed by atoms with Crippen LogP contribution in [-0.4, -0.2) is 32.6 Å². The molecule has 9 nitrogen and oxygen atoms in total. The topological polar surface area (TPSA) is 112 Å². The van der Waals surface area contributed by atoms with Crippen molar-refractivity contribution in [1.82, 2.24) is 14.1 Å². The smallest absolute Gasteiger partial charge is 0.338 e. The molecular weight excluding hydrogens is 448 g/mol. The van der Waals surface area contributed by atoms with Crippen LogP contribution in [0.3, 0.4) is 0 Å². The molecule has 2 aromatic heterocycles. The van der Waals surface area contributed by atoms with E-state index in [1.807, 2.05) is 30.3 Å². The van der Waals surface area contributed by atoms with Crippen LogP contribution in [-0.2, 0) is 29.0 Å². The van der Waals surface area contributed by atoms with Gasteiger partial charge >= 0.3 is 11.7 Å². The van der Waals surface area contributed by atoms with E-state index in [0.717, 1.165) is 10.1 Å². The van der Waals surface area contributed by atoms with Crippen molar-refractivity contribution in [3.8, 4) is 0 Å². The summed E-state index contributed by atoms with van der Waals surface area (Å²) in [6.45, 7) is 1.83.